The van der Waals surface area contributed by atoms with Crippen molar-refractivity contribution in [2.45, 2.75) is 32.9 Å². The van der Waals surface area contributed by atoms with Crippen LogP contribution in [0.15, 0.2) is 45.3 Å². The summed E-state index contributed by atoms with van der Waals surface area (Å²) in [5, 5.41) is 4.62. The van der Waals surface area contributed by atoms with Crippen molar-refractivity contribution in [1.82, 2.24) is 14.9 Å². The van der Waals surface area contributed by atoms with Crippen molar-refractivity contribution >= 4 is 27.5 Å². The van der Waals surface area contributed by atoms with Crippen LogP contribution in [0.2, 0.25) is 0 Å². The monoisotopic (exact) mass is 357 g/mol. The van der Waals surface area contributed by atoms with Crippen LogP contribution in [0.5, 0.6) is 0 Å². The van der Waals surface area contributed by atoms with Crippen molar-refractivity contribution in [3.63, 3.8) is 0 Å². The molecule has 0 aliphatic rings. The first kappa shape index (κ1) is 17.2. The molecule has 0 aliphatic carbocycles. The second kappa shape index (κ2) is 7.48. The van der Waals surface area contributed by atoms with Gasteiger partial charge in [-0.25, -0.2) is 4.79 Å². The van der Waals surface area contributed by atoms with Gasteiger partial charge in [-0.05, 0) is 30.4 Å². The van der Waals surface area contributed by atoms with Gasteiger partial charge >= 0.3 is 5.69 Å². The molecule has 2 N–H and O–H groups in total. The van der Waals surface area contributed by atoms with Gasteiger partial charge in [0.1, 0.15) is 4.70 Å². The van der Waals surface area contributed by atoms with E-state index < -0.39 is 5.69 Å². The molecule has 0 saturated carbocycles. The van der Waals surface area contributed by atoms with Gasteiger partial charge in [-0.2, -0.15) is 0 Å². The maximum Gasteiger partial charge on any atom is 0.328 e. The van der Waals surface area contributed by atoms with E-state index >= 15 is 0 Å². The lowest BCUT2D eigenvalue weighted by atomic mass is 10.1. The van der Waals surface area contributed by atoms with Crippen LogP contribution in [-0.4, -0.2) is 15.5 Å². The molecule has 0 radical (unpaired) electrons. The number of hydrogen-bond donors (Lipinski definition) is 2. The molecule has 25 heavy (non-hydrogen) atoms. The summed E-state index contributed by atoms with van der Waals surface area (Å²) in [6, 6.07) is 9.67. The van der Waals surface area contributed by atoms with Gasteiger partial charge in [0, 0.05) is 19.5 Å². The Balaban J connectivity index is 1.54. The van der Waals surface area contributed by atoms with Crippen molar-refractivity contribution in [3.8, 4) is 0 Å². The zero-order valence-corrected chi connectivity index (χ0v) is 14.7. The van der Waals surface area contributed by atoms with Gasteiger partial charge in [-0.1, -0.05) is 29.8 Å². The number of nitrogens with zero attached hydrogens (tertiary/aromatic N) is 1. The van der Waals surface area contributed by atoms with E-state index in [2.05, 4.69) is 10.3 Å². The first-order valence-electron chi connectivity index (χ1n) is 8.07. The maximum absolute atomic E-state index is 12.3. The number of aromatic nitrogens is 2. The molecule has 0 saturated heterocycles. The molecule has 2 heterocycles. The Bertz CT molecular complexity index is 999. The number of benzene rings is 1. The number of hydrogen-bond acceptors (Lipinski definition) is 4. The van der Waals surface area contributed by atoms with Gasteiger partial charge in [0.2, 0.25) is 5.91 Å². The highest BCUT2D eigenvalue weighted by Gasteiger charge is 2.09. The minimum Gasteiger partial charge on any atom is -0.352 e. The third-order valence-electron chi connectivity index (χ3n) is 3.99. The van der Waals surface area contributed by atoms with Crippen molar-refractivity contribution in [1.29, 1.82) is 0 Å². The molecule has 0 atom stereocenters. The molecule has 7 heteroatoms. The highest BCUT2D eigenvalue weighted by Crippen LogP contribution is 2.12. The van der Waals surface area contributed by atoms with E-state index in [0.29, 0.717) is 23.2 Å². The SMILES string of the molecule is Cc1ccc(CNC(=O)CCCn2c(=O)[nH]c3ccsc3c2=O)cc1. The normalized spacial score (nSPS) is 10.9. The summed E-state index contributed by atoms with van der Waals surface area (Å²) in [7, 11) is 0. The summed E-state index contributed by atoms with van der Waals surface area (Å²) in [6.07, 6.45) is 0.694. The zero-order valence-electron chi connectivity index (χ0n) is 13.9. The molecule has 0 unspecified atom stereocenters. The molecule has 6 nitrogen and oxygen atoms in total. The van der Waals surface area contributed by atoms with E-state index in [4.69, 9.17) is 0 Å². The van der Waals surface area contributed by atoms with E-state index in [9.17, 15) is 14.4 Å². The maximum atomic E-state index is 12.3. The van der Waals surface area contributed by atoms with Gasteiger partial charge in [0.15, 0.2) is 0 Å². The second-order valence-electron chi connectivity index (χ2n) is 5.92. The van der Waals surface area contributed by atoms with Crippen LogP contribution >= 0.6 is 11.3 Å². The topological polar surface area (TPSA) is 84.0 Å². The number of carbonyl (C=O) groups excluding carboxylic acids is 1. The highest BCUT2D eigenvalue weighted by atomic mass is 32.1. The van der Waals surface area contributed by atoms with E-state index in [1.807, 2.05) is 31.2 Å². The lowest BCUT2D eigenvalue weighted by Gasteiger charge is -2.07. The largest absolute Gasteiger partial charge is 0.352 e. The smallest absolute Gasteiger partial charge is 0.328 e. The summed E-state index contributed by atoms with van der Waals surface area (Å²) < 4.78 is 1.69. The average Bonchev–Trinajstić information content (AvgIpc) is 3.06. The van der Waals surface area contributed by atoms with Crippen LogP contribution in [0.1, 0.15) is 24.0 Å². The van der Waals surface area contributed by atoms with E-state index in [1.54, 1.807) is 11.4 Å². The molecular weight excluding hydrogens is 338 g/mol. The number of fused-ring (bicyclic) bond motifs is 1. The Hall–Kier alpha value is -2.67. The molecule has 3 rings (SSSR count). The minimum absolute atomic E-state index is 0.0951. The molecule has 3 aromatic rings. The summed E-state index contributed by atoms with van der Waals surface area (Å²) in [5.41, 5.74) is 2.04. The van der Waals surface area contributed by atoms with Crippen LogP contribution in [0.4, 0.5) is 0 Å². The Morgan fingerprint density at radius 3 is 2.72 bits per heavy atom. The van der Waals surface area contributed by atoms with Crippen molar-refractivity contribution in [2.75, 3.05) is 0 Å². The van der Waals surface area contributed by atoms with Gasteiger partial charge in [-0.3, -0.25) is 14.2 Å². The minimum atomic E-state index is -0.434. The van der Waals surface area contributed by atoms with E-state index in [1.165, 1.54) is 16.9 Å². The van der Waals surface area contributed by atoms with Crippen LogP contribution in [-0.2, 0) is 17.9 Å². The zero-order chi connectivity index (χ0) is 17.8. The fourth-order valence-corrected chi connectivity index (χ4v) is 3.36. The summed E-state index contributed by atoms with van der Waals surface area (Å²) >= 11 is 1.30. The number of amides is 1. The number of carbonyl (C=O) groups is 1. The summed E-state index contributed by atoms with van der Waals surface area (Å²) in [6.45, 7) is 2.71. The molecule has 0 bridgehead atoms. The number of rotatable bonds is 6. The molecule has 0 spiro atoms. The van der Waals surface area contributed by atoms with Crippen LogP contribution in [0.3, 0.4) is 0 Å². The fraction of sp³-hybridized carbons (Fsp3) is 0.278. The predicted octanol–water partition coefficient (Wildman–Crippen LogP) is 2.16. The molecule has 2 aromatic heterocycles. The van der Waals surface area contributed by atoms with Gasteiger partial charge in [0.25, 0.3) is 5.56 Å². The average molecular weight is 357 g/mol. The van der Waals surface area contributed by atoms with Crippen molar-refractivity contribution < 1.29 is 4.79 Å². The molecule has 1 aromatic carbocycles. The Kier molecular flexibility index (Phi) is 5.14. The van der Waals surface area contributed by atoms with Crippen LogP contribution in [0.25, 0.3) is 10.2 Å². The van der Waals surface area contributed by atoms with Crippen molar-refractivity contribution in [2.24, 2.45) is 0 Å². The first-order chi connectivity index (χ1) is 12.0. The second-order valence-corrected chi connectivity index (χ2v) is 6.83. The fourth-order valence-electron chi connectivity index (χ4n) is 2.57. The van der Waals surface area contributed by atoms with Crippen molar-refractivity contribution in [3.05, 3.63) is 67.7 Å². The van der Waals surface area contributed by atoms with Gasteiger partial charge in [0.05, 0.1) is 5.52 Å². The van der Waals surface area contributed by atoms with Crippen LogP contribution < -0.4 is 16.6 Å². The predicted molar refractivity (Wildman–Crippen MR) is 99.0 cm³/mol. The third kappa shape index (κ3) is 4.06. The first-order valence-corrected chi connectivity index (χ1v) is 8.95. The highest BCUT2D eigenvalue weighted by molar-refractivity contribution is 7.17. The quantitative estimate of drug-likeness (QED) is 0.709. The molecule has 0 aliphatic heterocycles. The molecule has 130 valence electrons. The third-order valence-corrected chi connectivity index (χ3v) is 4.89. The lowest BCUT2D eigenvalue weighted by Crippen LogP contribution is -2.35. The molecular formula is C18H19N3O3S. The van der Waals surface area contributed by atoms with E-state index in [-0.39, 0.29) is 24.4 Å². The Morgan fingerprint density at radius 2 is 1.96 bits per heavy atom. The molecule has 1 amide bonds. The van der Waals surface area contributed by atoms with E-state index in [0.717, 1.165) is 10.1 Å². The number of aryl methyl sites for hydroxylation is 1. The number of aromatic amines is 1. The van der Waals surface area contributed by atoms with Gasteiger partial charge < -0.3 is 10.3 Å². The van der Waals surface area contributed by atoms with Gasteiger partial charge in [-0.15, -0.1) is 11.3 Å². The Labute approximate surface area is 148 Å². The summed E-state index contributed by atoms with van der Waals surface area (Å²) in [5.74, 6) is -0.0951. The Morgan fingerprint density at radius 1 is 1.20 bits per heavy atom. The van der Waals surface area contributed by atoms with Crippen LogP contribution in [0, 0.1) is 6.92 Å². The standard InChI is InChI=1S/C18H19N3O3S/c1-12-4-6-13(7-5-12)11-19-15(22)3-2-9-21-17(23)16-14(8-10-25-16)20-18(21)24/h4-8,10H,2-3,9,11H2,1H3,(H,19,22)(H,20,24). The number of nitrogens with one attached hydrogen (secondary N) is 2. The molecule has 0 fully saturated rings. The lowest BCUT2D eigenvalue weighted by molar-refractivity contribution is -0.121. The number of thiophene rings is 1. The number of H-pyrrole nitrogens is 1. The summed E-state index contributed by atoms with van der Waals surface area (Å²) in [4.78, 5) is 38.9.